The van der Waals surface area contributed by atoms with Crippen molar-refractivity contribution in [2.75, 3.05) is 6.61 Å². The van der Waals surface area contributed by atoms with Crippen molar-refractivity contribution in [3.63, 3.8) is 0 Å². The molecule has 0 bridgehead atoms. The maximum Gasteiger partial charge on any atom is 0.358 e. The van der Waals surface area contributed by atoms with Crippen molar-refractivity contribution in [2.24, 2.45) is 0 Å². The monoisotopic (exact) mass is 331 g/mol. The zero-order valence-electron chi connectivity index (χ0n) is 13.9. The van der Waals surface area contributed by atoms with E-state index in [1.807, 2.05) is 0 Å². The van der Waals surface area contributed by atoms with Gasteiger partial charge in [-0.15, -0.1) is 0 Å². The minimum Gasteiger partial charge on any atom is -0.461 e. The summed E-state index contributed by atoms with van der Waals surface area (Å²) in [5.41, 5.74) is 0.783. The third-order valence-electron chi connectivity index (χ3n) is 3.31. The van der Waals surface area contributed by atoms with Crippen LogP contribution in [0.15, 0.2) is 30.6 Å². The highest BCUT2D eigenvalue weighted by molar-refractivity contribution is 6.88. The first kappa shape index (κ1) is 17.1. The van der Waals surface area contributed by atoms with Crippen LogP contribution in [0.3, 0.4) is 0 Å². The number of carbonyl (C=O) groups is 2. The molecule has 0 atom stereocenters. The Morgan fingerprint density at radius 1 is 1.30 bits per heavy atom. The van der Waals surface area contributed by atoms with Gasteiger partial charge in [0.1, 0.15) is 14.6 Å². The molecule has 0 fully saturated rings. The molecule has 7 heteroatoms. The average molecular weight is 331 g/mol. The van der Waals surface area contributed by atoms with E-state index in [1.54, 1.807) is 36.0 Å². The summed E-state index contributed by atoms with van der Waals surface area (Å²) in [6, 6.07) is 5.19. The molecule has 0 saturated heterocycles. The van der Waals surface area contributed by atoms with Crippen LogP contribution in [0.4, 0.5) is 0 Å². The summed E-state index contributed by atoms with van der Waals surface area (Å²) in [5, 5.41) is 5.24. The van der Waals surface area contributed by atoms with Crippen molar-refractivity contribution >= 4 is 25.1 Å². The lowest BCUT2D eigenvalue weighted by Gasteiger charge is -2.17. The van der Waals surface area contributed by atoms with E-state index in [0.717, 1.165) is 5.32 Å². The average Bonchev–Trinajstić information content (AvgIpc) is 2.92. The number of esters is 1. The molecule has 0 unspecified atom stereocenters. The summed E-state index contributed by atoms with van der Waals surface area (Å²) in [6.45, 7) is 8.56. The summed E-state index contributed by atoms with van der Waals surface area (Å²) in [5.74, 6) is -0.546. The quantitative estimate of drug-likeness (QED) is 0.459. The number of ether oxygens (including phenoxy) is 1. The molecule has 0 aliphatic rings. The van der Waals surface area contributed by atoms with Crippen LogP contribution >= 0.6 is 0 Å². The van der Waals surface area contributed by atoms with Gasteiger partial charge in [0, 0.05) is 23.3 Å². The molecule has 2 aromatic rings. The van der Waals surface area contributed by atoms with E-state index in [2.05, 4.69) is 29.7 Å². The number of Topliss-reactive ketones (excluding diaryl/α,β-unsaturated/α-hetero) is 1. The van der Waals surface area contributed by atoms with Gasteiger partial charge in [-0.25, -0.2) is 4.79 Å². The van der Waals surface area contributed by atoms with E-state index < -0.39 is 14.0 Å². The van der Waals surface area contributed by atoms with Crippen LogP contribution in [0.25, 0.3) is 0 Å². The molecule has 23 heavy (non-hydrogen) atoms. The molecule has 0 N–H and O–H groups in total. The van der Waals surface area contributed by atoms with Gasteiger partial charge < -0.3 is 4.74 Å². The first-order valence-electron chi connectivity index (χ1n) is 7.51. The molecular formula is C16H21N3O3Si. The SMILES string of the molecule is CCOC(=O)c1cc([Si](C)(C)C)n(CC(=O)c2cccnc2)n1. The second-order valence-electron chi connectivity index (χ2n) is 6.21. The van der Waals surface area contributed by atoms with Crippen molar-refractivity contribution in [1.29, 1.82) is 0 Å². The summed E-state index contributed by atoms with van der Waals surface area (Å²) in [7, 11) is -1.77. The summed E-state index contributed by atoms with van der Waals surface area (Å²) in [4.78, 5) is 28.3. The molecule has 0 aromatic carbocycles. The third-order valence-corrected chi connectivity index (χ3v) is 5.25. The van der Waals surface area contributed by atoms with Crippen molar-refractivity contribution in [1.82, 2.24) is 14.8 Å². The number of rotatable bonds is 6. The third kappa shape index (κ3) is 4.13. The van der Waals surface area contributed by atoms with Crippen LogP contribution in [0, 0.1) is 0 Å². The second-order valence-corrected chi connectivity index (χ2v) is 11.2. The van der Waals surface area contributed by atoms with Gasteiger partial charge >= 0.3 is 5.97 Å². The fraction of sp³-hybridized carbons (Fsp3) is 0.375. The lowest BCUT2D eigenvalue weighted by Crippen LogP contribution is -2.44. The minimum absolute atomic E-state index is 0.0869. The van der Waals surface area contributed by atoms with Gasteiger partial charge in [-0.2, -0.15) is 5.10 Å². The number of carbonyl (C=O) groups excluding carboxylic acids is 2. The standard InChI is InChI=1S/C16H21N3O3Si/c1-5-22-16(21)13-9-15(23(2,3)4)19(18-13)11-14(20)12-7-6-8-17-10-12/h6-10H,5,11H2,1-4H3. The first-order chi connectivity index (χ1) is 10.8. The van der Waals surface area contributed by atoms with Gasteiger partial charge in [-0.3, -0.25) is 14.5 Å². The number of hydrogen-bond acceptors (Lipinski definition) is 5. The molecular weight excluding hydrogens is 310 g/mol. The molecule has 2 aromatic heterocycles. The lowest BCUT2D eigenvalue weighted by atomic mass is 10.2. The van der Waals surface area contributed by atoms with Crippen LogP contribution in [0.5, 0.6) is 0 Å². The number of pyridine rings is 1. The summed E-state index contributed by atoms with van der Waals surface area (Å²) >= 11 is 0. The highest BCUT2D eigenvalue weighted by Gasteiger charge is 2.26. The number of nitrogens with zero attached hydrogens (tertiary/aromatic N) is 3. The van der Waals surface area contributed by atoms with Gasteiger partial charge in [-0.05, 0) is 25.1 Å². The number of aromatic nitrogens is 3. The van der Waals surface area contributed by atoms with Crippen molar-refractivity contribution in [3.8, 4) is 0 Å². The molecule has 6 nitrogen and oxygen atoms in total. The topological polar surface area (TPSA) is 74.1 Å². The van der Waals surface area contributed by atoms with Gasteiger partial charge in [-0.1, -0.05) is 19.6 Å². The molecule has 0 spiro atoms. The van der Waals surface area contributed by atoms with Crippen LogP contribution in [0.2, 0.25) is 19.6 Å². The summed E-state index contributed by atoms with van der Waals surface area (Å²) < 4.78 is 6.64. The predicted molar refractivity (Wildman–Crippen MR) is 89.7 cm³/mol. The van der Waals surface area contributed by atoms with E-state index in [1.165, 1.54) is 6.20 Å². The van der Waals surface area contributed by atoms with Crippen LogP contribution in [-0.4, -0.2) is 41.2 Å². The Balaban J connectivity index is 2.33. The van der Waals surface area contributed by atoms with E-state index >= 15 is 0 Å². The molecule has 0 saturated carbocycles. The van der Waals surface area contributed by atoms with Gasteiger partial charge in [0.15, 0.2) is 11.5 Å². The molecule has 0 aliphatic carbocycles. The Labute approximate surface area is 136 Å². The van der Waals surface area contributed by atoms with E-state index in [0.29, 0.717) is 12.2 Å². The maximum absolute atomic E-state index is 12.4. The van der Waals surface area contributed by atoms with Crippen LogP contribution in [-0.2, 0) is 11.3 Å². The van der Waals surface area contributed by atoms with Crippen molar-refractivity contribution in [2.45, 2.75) is 33.1 Å². The van der Waals surface area contributed by atoms with E-state index in [9.17, 15) is 9.59 Å². The molecule has 2 rings (SSSR count). The predicted octanol–water partition coefficient (Wildman–Crippen LogP) is 1.88. The largest absolute Gasteiger partial charge is 0.461 e. The Hall–Kier alpha value is -2.28. The Morgan fingerprint density at radius 3 is 2.61 bits per heavy atom. The molecule has 0 aliphatic heterocycles. The number of hydrogen-bond donors (Lipinski definition) is 0. The highest BCUT2D eigenvalue weighted by atomic mass is 28.3. The van der Waals surface area contributed by atoms with Crippen LogP contribution in [0.1, 0.15) is 27.8 Å². The van der Waals surface area contributed by atoms with Crippen LogP contribution < -0.4 is 5.32 Å². The molecule has 0 radical (unpaired) electrons. The summed E-state index contributed by atoms with van der Waals surface area (Å²) in [6.07, 6.45) is 3.16. The zero-order chi connectivity index (χ0) is 17.0. The fourth-order valence-corrected chi connectivity index (χ4v) is 3.67. The Bertz CT molecular complexity index is 705. The van der Waals surface area contributed by atoms with E-state index in [-0.39, 0.29) is 18.0 Å². The van der Waals surface area contributed by atoms with Gasteiger partial charge in [0.05, 0.1) is 6.61 Å². The second kappa shape index (κ2) is 6.87. The van der Waals surface area contributed by atoms with Crippen molar-refractivity contribution in [3.05, 3.63) is 41.9 Å². The number of ketones is 1. The van der Waals surface area contributed by atoms with Gasteiger partial charge in [0.2, 0.25) is 0 Å². The lowest BCUT2D eigenvalue weighted by molar-refractivity contribution is 0.0517. The van der Waals surface area contributed by atoms with Gasteiger partial charge in [0.25, 0.3) is 0 Å². The molecule has 2 heterocycles. The zero-order valence-corrected chi connectivity index (χ0v) is 14.9. The Morgan fingerprint density at radius 2 is 2.04 bits per heavy atom. The minimum atomic E-state index is -1.77. The Kier molecular flexibility index (Phi) is 5.10. The molecule has 0 amide bonds. The highest BCUT2D eigenvalue weighted by Crippen LogP contribution is 2.08. The normalized spacial score (nSPS) is 11.3. The fourth-order valence-electron chi connectivity index (χ4n) is 2.20. The van der Waals surface area contributed by atoms with Crippen molar-refractivity contribution < 1.29 is 14.3 Å². The van der Waals surface area contributed by atoms with E-state index in [4.69, 9.17) is 4.74 Å². The smallest absolute Gasteiger partial charge is 0.358 e. The molecule has 122 valence electrons. The first-order valence-corrected chi connectivity index (χ1v) is 11.0. The maximum atomic E-state index is 12.4.